The summed E-state index contributed by atoms with van der Waals surface area (Å²) in [6.07, 6.45) is 0.848. The summed E-state index contributed by atoms with van der Waals surface area (Å²) in [5.41, 5.74) is 2.42. The van der Waals surface area contributed by atoms with Crippen LogP contribution in [0.15, 0.2) is 54.6 Å². The molecule has 1 atom stereocenters. The molecule has 0 aromatic heterocycles. The summed E-state index contributed by atoms with van der Waals surface area (Å²) in [4.78, 5) is 13.8. The third-order valence-corrected chi connectivity index (χ3v) is 4.71. The molecule has 0 bridgehead atoms. The average molecular weight is 409 g/mol. The lowest BCUT2D eigenvalue weighted by Gasteiger charge is -2.27. The molecule has 0 fully saturated rings. The van der Waals surface area contributed by atoms with E-state index in [1.165, 1.54) is 5.56 Å². The lowest BCUT2D eigenvalue weighted by molar-refractivity contribution is -0.145. The minimum atomic E-state index is -0.358. The van der Waals surface area contributed by atoms with E-state index in [1.54, 1.807) is 6.92 Å². The molecule has 30 heavy (non-hydrogen) atoms. The molecule has 0 unspecified atom stereocenters. The first-order valence-electron chi connectivity index (χ1n) is 10.3. The topological polar surface area (TPSA) is 50.8 Å². The van der Waals surface area contributed by atoms with E-state index in [0.717, 1.165) is 25.1 Å². The molecule has 0 aliphatic carbocycles. The molecule has 0 amide bonds. The second kappa shape index (κ2) is 13.4. The number of carbonyl (C=O) groups is 1. The van der Waals surface area contributed by atoms with E-state index >= 15 is 0 Å². The van der Waals surface area contributed by atoms with Crippen molar-refractivity contribution in [2.75, 3.05) is 33.4 Å². The number of likely N-dealkylation sites (N-methyl/N-ethyl adjacent to an activating group) is 1. The summed E-state index contributed by atoms with van der Waals surface area (Å²) >= 11 is 0. The van der Waals surface area contributed by atoms with E-state index in [-0.39, 0.29) is 18.6 Å². The Morgan fingerprint density at radius 1 is 1.13 bits per heavy atom. The molecule has 1 N–H and O–H groups in total. The Kier molecular flexibility index (Phi) is 10.5. The summed E-state index contributed by atoms with van der Waals surface area (Å²) in [7, 11) is 2.10. The summed E-state index contributed by atoms with van der Waals surface area (Å²) in [5.74, 6) is 6.44. The van der Waals surface area contributed by atoms with Crippen molar-refractivity contribution >= 4 is 5.97 Å². The fourth-order valence-electron chi connectivity index (χ4n) is 3.07. The molecule has 5 nitrogen and oxygen atoms in total. The van der Waals surface area contributed by atoms with Crippen LogP contribution in [0.5, 0.6) is 5.75 Å². The maximum absolute atomic E-state index is 11.5. The number of esters is 1. The SMILES string of the molecule is CC#CCN(C)[C@H](CNCc1ccccc1)Cc1cccc(OCC(=O)OCC)c1. The van der Waals surface area contributed by atoms with Crippen molar-refractivity contribution < 1.29 is 14.3 Å². The highest BCUT2D eigenvalue weighted by Gasteiger charge is 2.15. The number of hydrogen-bond acceptors (Lipinski definition) is 5. The number of nitrogens with zero attached hydrogens (tertiary/aromatic N) is 1. The van der Waals surface area contributed by atoms with E-state index in [1.807, 2.05) is 31.2 Å². The van der Waals surface area contributed by atoms with E-state index in [2.05, 4.69) is 59.4 Å². The Labute approximate surface area is 180 Å². The largest absolute Gasteiger partial charge is 0.482 e. The first kappa shape index (κ1) is 23.5. The fourth-order valence-corrected chi connectivity index (χ4v) is 3.07. The van der Waals surface area contributed by atoms with Gasteiger partial charge in [-0.3, -0.25) is 4.90 Å². The van der Waals surface area contributed by atoms with Crippen molar-refractivity contribution in [1.82, 2.24) is 10.2 Å². The van der Waals surface area contributed by atoms with Gasteiger partial charge in [-0.1, -0.05) is 48.4 Å². The van der Waals surface area contributed by atoms with E-state index < -0.39 is 0 Å². The standard InChI is InChI=1S/C25H32N2O3/c1-4-6-15-27(3)23(19-26-18-21-11-8-7-9-12-21)16-22-13-10-14-24(17-22)30-20-25(28)29-5-2/h7-14,17,23,26H,5,15-16,18-20H2,1-3H3/t23-/m0/s1. The highest BCUT2D eigenvalue weighted by Crippen LogP contribution is 2.16. The first-order valence-corrected chi connectivity index (χ1v) is 10.3. The minimum absolute atomic E-state index is 0.0780. The minimum Gasteiger partial charge on any atom is -0.482 e. The highest BCUT2D eigenvalue weighted by molar-refractivity contribution is 5.71. The van der Waals surface area contributed by atoms with Gasteiger partial charge in [0.15, 0.2) is 6.61 Å². The van der Waals surface area contributed by atoms with Gasteiger partial charge in [0.05, 0.1) is 13.2 Å². The molecule has 0 heterocycles. The van der Waals surface area contributed by atoms with Gasteiger partial charge in [-0.25, -0.2) is 4.79 Å². The molecule has 5 heteroatoms. The van der Waals surface area contributed by atoms with Crippen molar-refractivity contribution in [3.8, 4) is 17.6 Å². The molecule has 2 aromatic rings. The number of nitrogens with one attached hydrogen (secondary N) is 1. The van der Waals surface area contributed by atoms with Gasteiger partial charge in [-0.2, -0.15) is 0 Å². The Bertz CT molecular complexity index is 827. The lowest BCUT2D eigenvalue weighted by Crippen LogP contribution is -2.41. The van der Waals surface area contributed by atoms with Crippen molar-refractivity contribution in [3.63, 3.8) is 0 Å². The van der Waals surface area contributed by atoms with Crippen LogP contribution in [0.2, 0.25) is 0 Å². The molecular weight excluding hydrogens is 376 g/mol. The summed E-state index contributed by atoms with van der Waals surface area (Å²) in [5, 5.41) is 3.57. The smallest absolute Gasteiger partial charge is 0.344 e. The lowest BCUT2D eigenvalue weighted by atomic mass is 10.0. The van der Waals surface area contributed by atoms with Gasteiger partial charge in [0.25, 0.3) is 0 Å². The average Bonchev–Trinajstić information content (AvgIpc) is 2.76. The number of carbonyl (C=O) groups excluding carboxylic acids is 1. The third-order valence-electron chi connectivity index (χ3n) is 4.71. The summed E-state index contributed by atoms with van der Waals surface area (Å²) < 4.78 is 10.5. The zero-order valence-corrected chi connectivity index (χ0v) is 18.2. The third kappa shape index (κ3) is 8.69. The van der Waals surface area contributed by atoms with Crippen molar-refractivity contribution in [2.24, 2.45) is 0 Å². The van der Waals surface area contributed by atoms with Gasteiger partial charge in [0.2, 0.25) is 0 Å². The van der Waals surface area contributed by atoms with Crippen LogP contribution < -0.4 is 10.1 Å². The maximum atomic E-state index is 11.5. The van der Waals surface area contributed by atoms with Crippen LogP contribution in [0.25, 0.3) is 0 Å². The Balaban J connectivity index is 1.98. The van der Waals surface area contributed by atoms with E-state index in [4.69, 9.17) is 9.47 Å². The quantitative estimate of drug-likeness (QED) is 0.431. The van der Waals surface area contributed by atoms with Crippen LogP contribution >= 0.6 is 0 Å². The molecule has 2 rings (SSSR count). The van der Waals surface area contributed by atoms with Crippen LogP contribution in [0.4, 0.5) is 0 Å². The number of ether oxygens (including phenoxy) is 2. The second-order valence-electron chi connectivity index (χ2n) is 7.06. The molecule has 0 spiro atoms. The van der Waals surface area contributed by atoms with Gasteiger partial charge in [-0.05, 0) is 50.6 Å². The molecule has 0 aliphatic rings. The van der Waals surface area contributed by atoms with Crippen molar-refractivity contribution in [1.29, 1.82) is 0 Å². The monoisotopic (exact) mass is 408 g/mol. The number of rotatable bonds is 12. The van der Waals surface area contributed by atoms with Gasteiger partial charge >= 0.3 is 5.97 Å². The molecule has 160 valence electrons. The predicted molar refractivity (Wildman–Crippen MR) is 120 cm³/mol. The van der Waals surface area contributed by atoms with Crippen LogP contribution in [-0.4, -0.2) is 50.3 Å². The van der Waals surface area contributed by atoms with Crippen LogP contribution in [-0.2, 0) is 22.5 Å². The summed E-state index contributed by atoms with van der Waals surface area (Å²) in [6, 6.07) is 18.5. The number of benzene rings is 2. The molecular formula is C25H32N2O3. The van der Waals surface area contributed by atoms with Crippen molar-refractivity contribution in [3.05, 3.63) is 65.7 Å². The Hall–Kier alpha value is -2.81. The molecule has 0 saturated carbocycles. The Morgan fingerprint density at radius 2 is 1.90 bits per heavy atom. The second-order valence-corrected chi connectivity index (χ2v) is 7.06. The van der Waals surface area contributed by atoms with Crippen LogP contribution in [0, 0.1) is 11.8 Å². The highest BCUT2D eigenvalue weighted by atomic mass is 16.6. The van der Waals surface area contributed by atoms with E-state index in [9.17, 15) is 4.79 Å². The molecule has 0 radical (unpaired) electrons. The normalized spacial score (nSPS) is 11.5. The number of hydrogen-bond donors (Lipinski definition) is 1. The van der Waals surface area contributed by atoms with Gasteiger partial charge in [-0.15, -0.1) is 5.92 Å². The van der Waals surface area contributed by atoms with E-state index in [0.29, 0.717) is 18.9 Å². The van der Waals surface area contributed by atoms with Crippen LogP contribution in [0.1, 0.15) is 25.0 Å². The zero-order chi connectivity index (χ0) is 21.6. The molecule has 0 saturated heterocycles. The first-order chi connectivity index (χ1) is 14.6. The molecule has 2 aromatic carbocycles. The fraction of sp³-hybridized carbons (Fsp3) is 0.400. The van der Waals surface area contributed by atoms with Gasteiger partial charge in [0, 0.05) is 19.1 Å². The van der Waals surface area contributed by atoms with Crippen LogP contribution in [0.3, 0.4) is 0 Å². The zero-order valence-electron chi connectivity index (χ0n) is 18.2. The molecule has 0 aliphatic heterocycles. The Morgan fingerprint density at radius 3 is 2.63 bits per heavy atom. The van der Waals surface area contributed by atoms with Gasteiger partial charge in [0.1, 0.15) is 5.75 Å². The maximum Gasteiger partial charge on any atom is 0.344 e. The van der Waals surface area contributed by atoms with Gasteiger partial charge < -0.3 is 14.8 Å². The van der Waals surface area contributed by atoms with Crippen molar-refractivity contribution in [2.45, 2.75) is 32.9 Å². The predicted octanol–water partition coefficient (Wildman–Crippen LogP) is 3.28. The summed E-state index contributed by atoms with van der Waals surface area (Å²) in [6.45, 7) is 6.30.